The summed E-state index contributed by atoms with van der Waals surface area (Å²) in [5.41, 5.74) is 1.48. The second-order valence-electron chi connectivity index (χ2n) is 3.43. The van der Waals surface area contributed by atoms with Crippen molar-refractivity contribution in [1.82, 2.24) is 5.32 Å². The van der Waals surface area contributed by atoms with E-state index in [1.807, 2.05) is 0 Å². The Morgan fingerprint density at radius 3 is 2.50 bits per heavy atom. The van der Waals surface area contributed by atoms with E-state index in [0.29, 0.717) is 0 Å². The zero-order valence-corrected chi connectivity index (χ0v) is 8.75. The van der Waals surface area contributed by atoms with Gasteiger partial charge in [0.05, 0.1) is 0 Å². The average Bonchev–Trinajstić information content (AvgIpc) is 2.07. The Morgan fingerprint density at radius 2 is 2.00 bits per heavy atom. The molecule has 2 heteroatoms. The first-order valence-corrected chi connectivity index (χ1v) is 4.73. The number of allylic oxidation sites excluding steroid dienone is 1. The highest BCUT2D eigenvalue weighted by Gasteiger charge is 2.14. The molecule has 1 saturated heterocycles. The molecule has 0 aromatic heterocycles. The molecule has 72 valence electrons. The minimum absolute atomic E-state index is 0. The van der Waals surface area contributed by atoms with Gasteiger partial charge in [-0.05, 0) is 38.3 Å². The van der Waals surface area contributed by atoms with E-state index in [2.05, 4.69) is 18.8 Å². The first kappa shape index (κ1) is 12.0. The van der Waals surface area contributed by atoms with Gasteiger partial charge in [0, 0.05) is 0 Å². The maximum absolute atomic E-state index is 4.14. The fraction of sp³-hybridized carbons (Fsp3) is 0.800. The first-order chi connectivity index (χ1) is 5.34. The van der Waals surface area contributed by atoms with E-state index in [1.54, 1.807) is 0 Å². The molecule has 0 spiro atoms. The van der Waals surface area contributed by atoms with Crippen LogP contribution in [0.5, 0.6) is 0 Å². The monoisotopic (exact) mass is 189 g/mol. The molecule has 0 saturated carbocycles. The van der Waals surface area contributed by atoms with Crippen LogP contribution < -0.4 is 5.32 Å². The zero-order valence-electron chi connectivity index (χ0n) is 7.94. The second kappa shape index (κ2) is 6.50. The third-order valence-corrected chi connectivity index (χ3v) is 2.49. The number of rotatable bonds is 3. The van der Waals surface area contributed by atoms with Crippen LogP contribution in [-0.4, -0.2) is 13.1 Å². The van der Waals surface area contributed by atoms with Gasteiger partial charge in [-0.1, -0.05) is 25.5 Å². The second-order valence-corrected chi connectivity index (χ2v) is 3.43. The van der Waals surface area contributed by atoms with Gasteiger partial charge in [0.15, 0.2) is 0 Å². The Labute approximate surface area is 82.0 Å². The van der Waals surface area contributed by atoms with Crippen LogP contribution in [0.25, 0.3) is 0 Å². The molecule has 1 N–H and O–H groups in total. The summed E-state index contributed by atoms with van der Waals surface area (Å²) in [6.07, 6.45) is 5.09. The lowest BCUT2D eigenvalue weighted by molar-refractivity contribution is 0.411. The van der Waals surface area contributed by atoms with Crippen LogP contribution in [0.2, 0.25) is 0 Å². The summed E-state index contributed by atoms with van der Waals surface area (Å²) in [6, 6.07) is 0. The standard InChI is InChI=1S/C10H19N.ClH/c1-3-4-9(2)10-5-7-11-8-6-10;/h10-11H,2-8H2,1H3;1H. The predicted molar refractivity (Wildman–Crippen MR) is 56.9 cm³/mol. The molecule has 0 radical (unpaired) electrons. The molecule has 0 amide bonds. The van der Waals surface area contributed by atoms with E-state index in [0.717, 1.165) is 5.92 Å². The van der Waals surface area contributed by atoms with Gasteiger partial charge >= 0.3 is 0 Å². The average molecular weight is 190 g/mol. The molecular weight excluding hydrogens is 170 g/mol. The Balaban J connectivity index is 0.00000121. The Hall–Kier alpha value is -0.0100. The molecule has 12 heavy (non-hydrogen) atoms. The zero-order chi connectivity index (χ0) is 8.10. The van der Waals surface area contributed by atoms with E-state index in [1.165, 1.54) is 44.3 Å². The molecule has 1 fully saturated rings. The van der Waals surface area contributed by atoms with Crippen LogP contribution in [0.1, 0.15) is 32.6 Å². The lowest BCUT2D eigenvalue weighted by Gasteiger charge is -2.24. The minimum Gasteiger partial charge on any atom is -0.317 e. The van der Waals surface area contributed by atoms with Crippen LogP contribution in [0.4, 0.5) is 0 Å². The highest BCUT2D eigenvalue weighted by Crippen LogP contribution is 2.22. The van der Waals surface area contributed by atoms with Crippen LogP contribution >= 0.6 is 12.4 Å². The molecule has 0 bridgehead atoms. The van der Waals surface area contributed by atoms with Crippen molar-refractivity contribution < 1.29 is 0 Å². The van der Waals surface area contributed by atoms with E-state index >= 15 is 0 Å². The molecule has 0 atom stereocenters. The van der Waals surface area contributed by atoms with Crippen LogP contribution in [0.3, 0.4) is 0 Å². The Kier molecular flexibility index (Phi) is 6.49. The fourth-order valence-electron chi connectivity index (χ4n) is 1.76. The molecule has 0 aromatic carbocycles. The molecular formula is C10H20ClN. The molecule has 0 aromatic rings. The van der Waals surface area contributed by atoms with Gasteiger partial charge in [-0.15, -0.1) is 12.4 Å². The molecule has 1 heterocycles. The summed E-state index contributed by atoms with van der Waals surface area (Å²) in [5, 5.41) is 3.37. The number of hydrogen-bond acceptors (Lipinski definition) is 1. The summed E-state index contributed by atoms with van der Waals surface area (Å²) in [5.74, 6) is 0.816. The van der Waals surface area contributed by atoms with Crippen molar-refractivity contribution in [1.29, 1.82) is 0 Å². The molecule has 0 aliphatic carbocycles. The van der Waals surface area contributed by atoms with Crippen molar-refractivity contribution in [2.45, 2.75) is 32.6 Å². The van der Waals surface area contributed by atoms with Crippen molar-refractivity contribution in [3.8, 4) is 0 Å². The summed E-state index contributed by atoms with van der Waals surface area (Å²) in [7, 11) is 0. The Bertz CT molecular complexity index is 128. The van der Waals surface area contributed by atoms with Gasteiger partial charge in [-0.25, -0.2) is 0 Å². The van der Waals surface area contributed by atoms with Crippen LogP contribution in [-0.2, 0) is 0 Å². The molecule has 0 unspecified atom stereocenters. The van der Waals surface area contributed by atoms with Gasteiger partial charge in [0.2, 0.25) is 0 Å². The maximum atomic E-state index is 4.14. The third kappa shape index (κ3) is 3.59. The van der Waals surface area contributed by atoms with E-state index < -0.39 is 0 Å². The van der Waals surface area contributed by atoms with Gasteiger partial charge in [0.25, 0.3) is 0 Å². The number of halogens is 1. The maximum Gasteiger partial charge on any atom is -0.00432 e. The number of piperidine rings is 1. The minimum atomic E-state index is 0. The van der Waals surface area contributed by atoms with E-state index in [9.17, 15) is 0 Å². The largest absolute Gasteiger partial charge is 0.317 e. The van der Waals surface area contributed by atoms with Gasteiger partial charge in [-0.3, -0.25) is 0 Å². The summed E-state index contributed by atoms with van der Waals surface area (Å²) >= 11 is 0. The van der Waals surface area contributed by atoms with Gasteiger partial charge in [0.1, 0.15) is 0 Å². The third-order valence-electron chi connectivity index (χ3n) is 2.49. The van der Waals surface area contributed by atoms with Gasteiger partial charge in [-0.2, -0.15) is 0 Å². The lowest BCUT2D eigenvalue weighted by Crippen LogP contribution is -2.28. The molecule has 1 rings (SSSR count). The van der Waals surface area contributed by atoms with Gasteiger partial charge < -0.3 is 5.32 Å². The smallest absolute Gasteiger partial charge is 0.00432 e. The highest BCUT2D eigenvalue weighted by molar-refractivity contribution is 5.85. The highest BCUT2D eigenvalue weighted by atomic mass is 35.5. The predicted octanol–water partition coefficient (Wildman–Crippen LogP) is 2.76. The number of hydrogen-bond donors (Lipinski definition) is 1. The van der Waals surface area contributed by atoms with Crippen molar-refractivity contribution in [2.75, 3.05) is 13.1 Å². The summed E-state index contributed by atoms with van der Waals surface area (Å²) in [4.78, 5) is 0. The Morgan fingerprint density at radius 1 is 1.42 bits per heavy atom. The molecule has 1 nitrogen and oxygen atoms in total. The normalized spacial score (nSPS) is 18.4. The van der Waals surface area contributed by atoms with Crippen LogP contribution in [0, 0.1) is 5.92 Å². The van der Waals surface area contributed by atoms with Crippen molar-refractivity contribution >= 4 is 12.4 Å². The topological polar surface area (TPSA) is 12.0 Å². The van der Waals surface area contributed by atoms with Crippen molar-refractivity contribution in [3.05, 3.63) is 12.2 Å². The van der Waals surface area contributed by atoms with E-state index in [-0.39, 0.29) is 12.4 Å². The SMILES string of the molecule is C=C(CCC)C1CCNCC1.Cl. The quantitative estimate of drug-likeness (QED) is 0.674. The molecule has 1 aliphatic heterocycles. The lowest BCUT2D eigenvalue weighted by atomic mass is 9.89. The summed E-state index contributed by atoms with van der Waals surface area (Å²) in [6.45, 7) is 8.74. The van der Waals surface area contributed by atoms with E-state index in [4.69, 9.17) is 0 Å². The van der Waals surface area contributed by atoms with Crippen molar-refractivity contribution in [3.63, 3.8) is 0 Å². The summed E-state index contributed by atoms with van der Waals surface area (Å²) < 4.78 is 0. The first-order valence-electron chi connectivity index (χ1n) is 4.73. The number of nitrogens with one attached hydrogen (secondary N) is 1. The van der Waals surface area contributed by atoms with Crippen molar-refractivity contribution in [2.24, 2.45) is 5.92 Å². The fourth-order valence-corrected chi connectivity index (χ4v) is 1.76. The van der Waals surface area contributed by atoms with Crippen LogP contribution in [0.15, 0.2) is 12.2 Å². The molecule has 1 aliphatic rings.